The number of hydrazine groups is 1. The summed E-state index contributed by atoms with van der Waals surface area (Å²) in [5.41, 5.74) is 2.50. The Morgan fingerprint density at radius 2 is 1.94 bits per heavy atom. The monoisotopic (exact) mass is 244 g/mol. The molecule has 7 heteroatoms. The number of hydrogen-bond acceptors (Lipinski definition) is 6. The molecule has 0 radical (unpaired) electrons. The summed E-state index contributed by atoms with van der Waals surface area (Å²) in [6.45, 7) is 4.09. The Morgan fingerprint density at radius 3 is 2.56 bits per heavy atom. The van der Waals surface area contributed by atoms with Gasteiger partial charge in [0.05, 0.1) is 12.4 Å². The fourth-order valence-corrected chi connectivity index (χ4v) is 1.61. The van der Waals surface area contributed by atoms with Crippen molar-refractivity contribution >= 4 is 24.0 Å². The number of aromatic nitrogens is 2. The van der Waals surface area contributed by atoms with E-state index in [1.807, 2.05) is 0 Å². The van der Waals surface area contributed by atoms with E-state index in [9.17, 15) is 0 Å². The van der Waals surface area contributed by atoms with Crippen LogP contribution in [0.5, 0.6) is 0 Å². The lowest BCUT2D eigenvalue weighted by Crippen LogP contribution is -2.44. The smallest absolute Gasteiger partial charge is 0.160 e. The molecule has 0 bridgehead atoms. The third kappa shape index (κ3) is 2.94. The lowest BCUT2D eigenvalue weighted by Gasteiger charge is -2.33. The zero-order valence-corrected chi connectivity index (χ0v) is 10.1. The largest absolute Gasteiger partial charge is 0.353 e. The summed E-state index contributed by atoms with van der Waals surface area (Å²) in [7, 11) is 2.13. The fraction of sp³-hybridized carbons (Fsp3) is 0.556. The topological polar surface area (TPSA) is 70.3 Å². The van der Waals surface area contributed by atoms with Crippen molar-refractivity contribution in [2.24, 2.45) is 5.84 Å². The van der Waals surface area contributed by atoms with Gasteiger partial charge < -0.3 is 15.2 Å². The van der Waals surface area contributed by atoms with Gasteiger partial charge in [0.1, 0.15) is 5.82 Å². The molecule has 1 saturated heterocycles. The minimum Gasteiger partial charge on any atom is -0.353 e. The van der Waals surface area contributed by atoms with E-state index in [1.54, 1.807) is 12.4 Å². The van der Waals surface area contributed by atoms with Crippen LogP contribution < -0.4 is 16.2 Å². The van der Waals surface area contributed by atoms with Crippen LogP contribution >= 0.6 is 12.4 Å². The Kier molecular flexibility index (Phi) is 4.72. The van der Waals surface area contributed by atoms with Gasteiger partial charge in [-0.25, -0.2) is 10.8 Å². The zero-order valence-electron chi connectivity index (χ0n) is 9.26. The average molecular weight is 245 g/mol. The number of likely N-dealkylation sites (N-methyl/N-ethyl adjacent to an activating group) is 1. The Balaban J connectivity index is 0.00000128. The highest BCUT2D eigenvalue weighted by atomic mass is 35.5. The maximum Gasteiger partial charge on any atom is 0.160 e. The van der Waals surface area contributed by atoms with E-state index in [-0.39, 0.29) is 12.4 Å². The van der Waals surface area contributed by atoms with Gasteiger partial charge in [-0.1, -0.05) is 0 Å². The van der Waals surface area contributed by atoms with Crippen LogP contribution in [0.4, 0.5) is 11.6 Å². The van der Waals surface area contributed by atoms with Crippen molar-refractivity contribution in [1.29, 1.82) is 0 Å². The molecule has 1 aromatic rings. The summed E-state index contributed by atoms with van der Waals surface area (Å²) < 4.78 is 0. The van der Waals surface area contributed by atoms with Crippen molar-refractivity contribution in [3.05, 3.63) is 12.4 Å². The van der Waals surface area contributed by atoms with Crippen LogP contribution in [0.2, 0.25) is 0 Å². The molecule has 1 fully saturated rings. The number of nitrogen functional groups attached to an aromatic ring is 1. The molecule has 1 aromatic heterocycles. The molecule has 0 unspecified atom stereocenters. The van der Waals surface area contributed by atoms with Crippen molar-refractivity contribution in [3.8, 4) is 0 Å². The Morgan fingerprint density at radius 1 is 1.25 bits per heavy atom. The highest BCUT2D eigenvalue weighted by Crippen LogP contribution is 2.13. The molecule has 6 nitrogen and oxygen atoms in total. The Bertz CT molecular complexity index is 326. The molecule has 0 spiro atoms. The summed E-state index contributed by atoms with van der Waals surface area (Å²) >= 11 is 0. The lowest BCUT2D eigenvalue weighted by atomic mass is 10.3. The third-order valence-corrected chi connectivity index (χ3v) is 2.60. The van der Waals surface area contributed by atoms with Gasteiger partial charge in [0.2, 0.25) is 0 Å². The van der Waals surface area contributed by atoms with Gasteiger partial charge >= 0.3 is 0 Å². The second kappa shape index (κ2) is 5.83. The van der Waals surface area contributed by atoms with Gasteiger partial charge in [-0.2, -0.15) is 0 Å². The van der Waals surface area contributed by atoms with Crippen molar-refractivity contribution in [1.82, 2.24) is 14.9 Å². The minimum atomic E-state index is 0. The van der Waals surface area contributed by atoms with Crippen LogP contribution in [0, 0.1) is 0 Å². The predicted molar refractivity (Wildman–Crippen MR) is 66.8 cm³/mol. The van der Waals surface area contributed by atoms with Gasteiger partial charge in [0.15, 0.2) is 5.82 Å². The SMILES string of the molecule is CN1CCN(c2cncc(NN)n2)CC1.Cl. The maximum absolute atomic E-state index is 5.29. The molecular weight excluding hydrogens is 228 g/mol. The second-order valence-electron chi connectivity index (χ2n) is 3.70. The molecule has 2 rings (SSSR count). The predicted octanol–water partition coefficient (Wildman–Crippen LogP) is -0.0642. The standard InChI is InChI=1S/C9H16N6.ClH/c1-14-2-4-15(5-3-14)9-7-11-6-8(12-9)13-10;/h6-7H,2-5,10H2,1H3,(H,12,13);1H. The number of hydrogen-bond donors (Lipinski definition) is 2. The van der Waals surface area contributed by atoms with Crippen molar-refractivity contribution in [3.63, 3.8) is 0 Å². The molecular formula is C9H17ClN6. The third-order valence-electron chi connectivity index (χ3n) is 2.60. The zero-order chi connectivity index (χ0) is 10.7. The van der Waals surface area contributed by atoms with Crippen LogP contribution in [0.15, 0.2) is 12.4 Å². The highest BCUT2D eigenvalue weighted by Gasteiger charge is 2.15. The first-order valence-electron chi connectivity index (χ1n) is 5.02. The Hall–Kier alpha value is -1.11. The van der Waals surface area contributed by atoms with Gasteiger partial charge in [-0.15, -0.1) is 12.4 Å². The number of piperazine rings is 1. The molecule has 1 aliphatic heterocycles. The fourth-order valence-electron chi connectivity index (χ4n) is 1.61. The summed E-state index contributed by atoms with van der Waals surface area (Å²) in [4.78, 5) is 13.0. The van der Waals surface area contributed by atoms with Crippen molar-refractivity contribution in [2.45, 2.75) is 0 Å². The molecule has 2 heterocycles. The first-order valence-corrected chi connectivity index (χ1v) is 5.02. The number of halogens is 1. The lowest BCUT2D eigenvalue weighted by molar-refractivity contribution is 0.312. The van der Waals surface area contributed by atoms with Gasteiger partial charge in [0.25, 0.3) is 0 Å². The van der Waals surface area contributed by atoms with E-state index in [0.717, 1.165) is 32.0 Å². The molecule has 0 atom stereocenters. The molecule has 16 heavy (non-hydrogen) atoms. The number of anilines is 2. The summed E-state index contributed by atoms with van der Waals surface area (Å²) in [5, 5.41) is 0. The van der Waals surface area contributed by atoms with Crippen molar-refractivity contribution in [2.75, 3.05) is 43.6 Å². The van der Waals surface area contributed by atoms with E-state index < -0.39 is 0 Å². The molecule has 1 aliphatic rings. The summed E-state index contributed by atoms with van der Waals surface area (Å²) in [6, 6.07) is 0. The van der Waals surface area contributed by atoms with Crippen LogP contribution in [0.1, 0.15) is 0 Å². The van der Waals surface area contributed by atoms with Crippen LogP contribution in [-0.2, 0) is 0 Å². The van der Waals surface area contributed by atoms with Crippen molar-refractivity contribution < 1.29 is 0 Å². The number of nitrogens with zero attached hydrogens (tertiary/aromatic N) is 4. The molecule has 3 N–H and O–H groups in total. The number of nitrogens with two attached hydrogens (primary N) is 1. The van der Waals surface area contributed by atoms with E-state index in [4.69, 9.17) is 5.84 Å². The van der Waals surface area contributed by atoms with Gasteiger partial charge in [-0.05, 0) is 7.05 Å². The molecule has 0 aromatic carbocycles. The van der Waals surface area contributed by atoms with Gasteiger partial charge in [0, 0.05) is 26.2 Å². The first-order chi connectivity index (χ1) is 7.29. The first kappa shape index (κ1) is 13.0. The minimum absolute atomic E-state index is 0. The van der Waals surface area contributed by atoms with Crippen LogP contribution in [0.3, 0.4) is 0 Å². The van der Waals surface area contributed by atoms with E-state index in [1.165, 1.54) is 0 Å². The Labute approximate surface area is 101 Å². The second-order valence-corrected chi connectivity index (χ2v) is 3.70. The maximum atomic E-state index is 5.29. The van der Waals surface area contributed by atoms with Crippen LogP contribution in [-0.4, -0.2) is 48.1 Å². The normalized spacial score (nSPS) is 16.8. The molecule has 0 aliphatic carbocycles. The van der Waals surface area contributed by atoms with E-state index in [2.05, 4.69) is 32.2 Å². The van der Waals surface area contributed by atoms with E-state index in [0.29, 0.717) is 5.82 Å². The number of nitrogens with one attached hydrogen (secondary N) is 1. The van der Waals surface area contributed by atoms with E-state index >= 15 is 0 Å². The van der Waals surface area contributed by atoms with Gasteiger partial charge in [-0.3, -0.25) is 4.98 Å². The summed E-state index contributed by atoms with van der Waals surface area (Å²) in [6.07, 6.45) is 3.38. The highest BCUT2D eigenvalue weighted by molar-refractivity contribution is 5.85. The quantitative estimate of drug-likeness (QED) is 0.561. The molecule has 0 saturated carbocycles. The average Bonchev–Trinajstić information content (AvgIpc) is 2.30. The number of rotatable bonds is 2. The molecule has 0 amide bonds. The summed E-state index contributed by atoms with van der Waals surface area (Å²) in [5.74, 6) is 6.78. The molecule has 90 valence electrons. The van der Waals surface area contributed by atoms with Crippen LogP contribution in [0.25, 0.3) is 0 Å².